The van der Waals surface area contributed by atoms with Crippen LogP contribution in [0.1, 0.15) is 64.2 Å². The second kappa shape index (κ2) is 8.07. The molecule has 2 aliphatic carbocycles. The number of nitrogens with zero attached hydrogens (tertiary/aromatic N) is 2. The van der Waals surface area contributed by atoms with Crippen LogP contribution in [-0.2, 0) is 9.59 Å². The van der Waals surface area contributed by atoms with Gasteiger partial charge in [-0.25, -0.2) is 0 Å². The molecule has 0 radical (unpaired) electrons. The molecule has 0 aromatic carbocycles. The van der Waals surface area contributed by atoms with Crippen LogP contribution in [0.5, 0.6) is 0 Å². The summed E-state index contributed by atoms with van der Waals surface area (Å²) in [5.74, 6) is 0.663. The van der Waals surface area contributed by atoms with Crippen LogP contribution in [0.4, 0.5) is 0 Å². The highest BCUT2D eigenvalue weighted by molar-refractivity contribution is 5.83. The average Bonchev–Trinajstić information content (AvgIpc) is 3.46. The summed E-state index contributed by atoms with van der Waals surface area (Å²) < 4.78 is 0. The molecule has 1 atom stereocenters. The highest BCUT2D eigenvalue weighted by Gasteiger charge is 2.38. The summed E-state index contributed by atoms with van der Waals surface area (Å²) in [6.45, 7) is 2.20. The van der Waals surface area contributed by atoms with Gasteiger partial charge in [0, 0.05) is 31.1 Å². The molecule has 5 heteroatoms. The molecule has 0 spiro atoms. The molecule has 0 unspecified atom stereocenters. The van der Waals surface area contributed by atoms with Crippen LogP contribution >= 0.6 is 0 Å². The number of likely N-dealkylation sites (N-methyl/N-ethyl adjacent to an activating group) is 1. The fourth-order valence-corrected chi connectivity index (χ4v) is 4.54. The van der Waals surface area contributed by atoms with Crippen LogP contribution in [0.2, 0.25) is 0 Å². The first-order valence-electron chi connectivity index (χ1n) is 10.3. The van der Waals surface area contributed by atoms with Gasteiger partial charge in [0.1, 0.15) is 0 Å². The summed E-state index contributed by atoms with van der Waals surface area (Å²) in [6, 6.07) is 0. The fraction of sp³-hybridized carbons (Fsp3) is 0.900. The number of piperidine rings is 1. The van der Waals surface area contributed by atoms with Gasteiger partial charge >= 0.3 is 0 Å². The normalized spacial score (nSPS) is 27.0. The van der Waals surface area contributed by atoms with E-state index in [1.807, 2.05) is 4.90 Å². The van der Waals surface area contributed by atoms with Gasteiger partial charge in [0.2, 0.25) is 11.8 Å². The molecule has 1 N–H and O–H groups in total. The van der Waals surface area contributed by atoms with E-state index in [2.05, 4.69) is 24.3 Å². The molecule has 0 bridgehead atoms. The van der Waals surface area contributed by atoms with E-state index in [9.17, 15) is 9.59 Å². The topological polar surface area (TPSA) is 52.7 Å². The van der Waals surface area contributed by atoms with Crippen molar-refractivity contribution in [2.75, 3.05) is 33.7 Å². The summed E-state index contributed by atoms with van der Waals surface area (Å²) in [7, 11) is 4.29. The monoisotopic (exact) mass is 349 g/mol. The van der Waals surface area contributed by atoms with Gasteiger partial charge in [0.05, 0.1) is 5.92 Å². The van der Waals surface area contributed by atoms with E-state index in [4.69, 9.17) is 0 Å². The number of amides is 2. The third kappa shape index (κ3) is 4.55. The van der Waals surface area contributed by atoms with Crippen molar-refractivity contribution in [3.05, 3.63) is 0 Å². The lowest BCUT2D eigenvalue weighted by Crippen LogP contribution is -2.54. The number of hydrogen-bond acceptors (Lipinski definition) is 3. The molecular formula is C20H35N3O2. The number of carbonyl (C=O) groups is 2. The zero-order valence-corrected chi connectivity index (χ0v) is 16.1. The van der Waals surface area contributed by atoms with Crippen LogP contribution < -0.4 is 5.32 Å². The largest absolute Gasteiger partial charge is 0.354 e. The molecule has 1 saturated heterocycles. The summed E-state index contributed by atoms with van der Waals surface area (Å²) in [5, 5.41) is 3.26. The van der Waals surface area contributed by atoms with E-state index >= 15 is 0 Å². The van der Waals surface area contributed by atoms with E-state index in [0.717, 1.165) is 51.6 Å². The lowest BCUT2D eigenvalue weighted by molar-refractivity contribution is -0.137. The summed E-state index contributed by atoms with van der Waals surface area (Å²) in [4.78, 5) is 29.3. The molecule has 3 fully saturated rings. The third-order valence-electron chi connectivity index (χ3n) is 6.61. The average molecular weight is 350 g/mol. The van der Waals surface area contributed by atoms with Gasteiger partial charge < -0.3 is 15.1 Å². The Kier molecular flexibility index (Phi) is 6.03. The van der Waals surface area contributed by atoms with Gasteiger partial charge in [-0.2, -0.15) is 0 Å². The zero-order valence-electron chi connectivity index (χ0n) is 16.1. The fourth-order valence-electron chi connectivity index (χ4n) is 4.54. The van der Waals surface area contributed by atoms with E-state index in [-0.39, 0.29) is 29.2 Å². The van der Waals surface area contributed by atoms with Crippen molar-refractivity contribution in [3.63, 3.8) is 0 Å². The predicted molar refractivity (Wildman–Crippen MR) is 99.2 cm³/mol. The van der Waals surface area contributed by atoms with Gasteiger partial charge in [-0.15, -0.1) is 0 Å². The van der Waals surface area contributed by atoms with Gasteiger partial charge in [0.25, 0.3) is 0 Å². The molecule has 5 nitrogen and oxygen atoms in total. The molecule has 3 aliphatic rings. The van der Waals surface area contributed by atoms with Crippen LogP contribution in [0.15, 0.2) is 0 Å². The summed E-state index contributed by atoms with van der Waals surface area (Å²) in [6.07, 6.45) is 11.4. The zero-order chi connectivity index (χ0) is 17.9. The van der Waals surface area contributed by atoms with E-state index in [1.54, 1.807) is 0 Å². The smallest absolute Gasteiger partial charge is 0.225 e. The Morgan fingerprint density at radius 1 is 1.00 bits per heavy atom. The van der Waals surface area contributed by atoms with Crippen molar-refractivity contribution in [1.82, 2.24) is 15.1 Å². The van der Waals surface area contributed by atoms with Crippen molar-refractivity contribution < 1.29 is 9.59 Å². The Morgan fingerprint density at radius 3 is 2.28 bits per heavy atom. The Hall–Kier alpha value is -1.10. The highest BCUT2D eigenvalue weighted by Crippen LogP contribution is 2.33. The Bertz CT molecular complexity index is 479. The second-order valence-corrected chi connectivity index (χ2v) is 8.65. The maximum atomic E-state index is 12.8. The van der Waals surface area contributed by atoms with Crippen molar-refractivity contribution in [3.8, 4) is 0 Å². The Labute approximate surface area is 152 Å². The second-order valence-electron chi connectivity index (χ2n) is 8.65. The standard InChI is InChI=1S/C20H35N3O2/c1-22(2)20(11-5-3-4-6-12-20)15-21-18(24)17-8-7-13-23(14-17)19(25)16-9-10-16/h16-17H,3-15H2,1-2H3,(H,21,24)/t17-/m0/s1. The molecule has 2 amide bonds. The quantitative estimate of drug-likeness (QED) is 0.776. The minimum Gasteiger partial charge on any atom is -0.354 e. The van der Waals surface area contributed by atoms with Crippen molar-refractivity contribution >= 4 is 11.8 Å². The number of rotatable bonds is 5. The highest BCUT2D eigenvalue weighted by atomic mass is 16.2. The molecule has 3 rings (SSSR count). The minimum atomic E-state index is -0.0264. The predicted octanol–water partition coefficient (Wildman–Crippen LogP) is 2.41. The maximum Gasteiger partial charge on any atom is 0.225 e. The molecule has 0 aromatic heterocycles. The molecule has 1 heterocycles. The van der Waals surface area contributed by atoms with Crippen LogP contribution in [0.3, 0.4) is 0 Å². The molecule has 0 aromatic rings. The molecule has 25 heavy (non-hydrogen) atoms. The molecule has 142 valence electrons. The molecule has 1 aliphatic heterocycles. The SMILES string of the molecule is CN(C)C1(CNC(=O)[C@H]2CCCN(C(=O)C3CC3)C2)CCCCCC1. The maximum absolute atomic E-state index is 12.8. The van der Waals surface area contributed by atoms with E-state index in [0.29, 0.717) is 6.54 Å². The Morgan fingerprint density at radius 2 is 1.68 bits per heavy atom. The van der Waals surface area contributed by atoms with Crippen molar-refractivity contribution in [2.45, 2.75) is 69.7 Å². The van der Waals surface area contributed by atoms with Gasteiger partial charge in [-0.05, 0) is 52.6 Å². The first-order chi connectivity index (χ1) is 12.0. The molecule has 2 saturated carbocycles. The van der Waals surface area contributed by atoms with Crippen LogP contribution in [0, 0.1) is 11.8 Å². The van der Waals surface area contributed by atoms with Crippen LogP contribution in [0.25, 0.3) is 0 Å². The van der Waals surface area contributed by atoms with Crippen molar-refractivity contribution in [2.24, 2.45) is 11.8 Å². The van der Waals surface area contributed by atoms with Gasteiger partial charge in [0.15, 0.2) is 0 Å². The number of likely N-dealkylation sites (tertiary alicyclic amines) is 1. The first kappa shape index (κ1) is 18.7. The Balaban J connectivity index is 1.54. The van der Waals surface area contributed by atoms with Crippen molar-refractivity contribution in [1.29, 1.82) is 0 Å². The van der Waals surface area contributed by atoms with Gasteiger partial charge in [-0.1, -0.05) is 25.7 Å². The lowest BCUT2D eigenvalue weighted by Gasteiger charge is -2.40. The summed E-state index contributed by atoms with van der Waals surface area (Å²) in [5.41, 5.74) is 0.102. The van der Waals surface area contributed by atoms with Gasteiger partial charge in [-0.3, -0.25) is 9.59 Å². The van der Waals surface area contributed by atoms with Crippen LogP contribution in [-0.4, -0.2) is 60.9 Å². The number of nitrogens with one attached hydrogen (secondary N) is 1. The number of hydrogen-bond donors (Lipinski definition) is 1. The van der Waals surface area contributed by atoms with E-state index in [1.165, 1.54) is 25.7 Å². The van der Waals surface area contributed by atoms with E-state index < -0.39 is 0 Å². The third-order valence-corrected chi connectivity index (χ3v) is 6.61. The first-order valence-corrected chi connectivity index (χ1v) is 10.3. The summed E-state index contributed by atoms with van der Waals surface area (Å²) >= 11 is 0. The number of carbonyl (C=O) groups excluding carboxylic acids is 2. The molecular weight excluding hydrogens is 314 g/mol. The lowest BCUT2D eigenvalue weighted by atomic mass is 9.88. The minimum absolute atomic E-state index is 0.0264.